The maximum atomic E-state index is 12.7. The second-order valence-corrected chi connectivity index (χ2v) is 7.68. The minimum Gasteiger partial charge on any atom is -0.454 e. The second kappa shape index (κ2) is 7.05. The number of benzene rings is 1. The van der Waals surface area contributed by atoms with Crippen molar-refractivity contribution in [3.8, 4) is 11.5 Å². The van der Waals surface area contributed by atoms with Crippen LogP contribution in [0.4, 0.5) is 4.79 Å². The summed E-state index contributed by atoms with van der Waals surface area (Å²) >= 11 is 0. The highest BCUT2D eigenvalue weighted by Crippen LogP contribution is 2.33. The molecule has 3 rings (SSSR count). The van der Waals surface area contributed by atoms with Crippen molar-refractivity contribution in [3.05, 3.63) is 23.8 Å². The molecule has 0 aromatic heterocycles. The van der Waals surface area contributed by atoms with Gasteiger partial charge in [0.25, 0.3) is 5.91 Å². The molecule has 26 heavy (non-hydrogen) atoms. The van der Waals surface area contributed by atoms with E-state index in [1.807, 2.05) is 25.7 Å². The summed E-state index contributed by atoms with van der Waals surface area (Å²) in [6.45, 7) is 6.95. The lowest BCUT2D eigenvalue weighted by Crippen LogP contribution is -2.48. The largest absolute Gasteiger partial charge is 0.454 e. The van der Waals surface area contributed by atoms with E-state index in [0.29, 0.717) is 30.2 Å². The lowest BCUT2D eigenvalue weighted by atomic mass is 10.0. The first-order valence-electron chi connectivity index (χ1n) is 8.89. The molecule has 1 aromatic carbocycles. The molecular formula is C19H26N2O5. The van der Waals surface area contributed by atoms with Gasteiger partial charge in [-0.05, 0) is 51.8 Å². The van der Waals surface area contributed by atoms with Crippen LogP contribution in [0.25, 0.3) is 0 Å². The van der Waals surface area contributed by atoms with Gasteiger partial charge in [-0.15, -0.1) is 0 Å². The van der Waals surface area contributed by atoms with Crippen LogP contribution in [-0.4, -0.2) is 60.4 Å². The van der Waals surface area contributed by atoms with E-state index in [-0.39, 0.29) is 24.8 Å². The number of hydrogen-bond acceptors (Lipinski definition) is 5. The molecule has 2 amide bonds. The van der Waals surface area contributed by atoms with E-state index in [2.05, 4.69) is 0 Å². The summed E-state index contributed by atoms with van der Waals surface area (Å²) < 4.78 is 16.0. The van der Waals surface area contributed by atoms with Crippen LogP contribution in [0.5, 0.6) is 11.5 Å². The van der Waals surface area contributed by atoms with Crippen LogP contribution < -0.4 is 9.47 Å². The van der Waals surface area contributed by atoms with Gasteiger partial charge >= 0.3 is 6.09 Å². The SMILES string of the molecule is CN(C(=O)OC(C)(C)C)C1CCN(C(=O)c2ccc3c(c2)OCO3)CC1. The normalized spacial score (nSPS) is 17.2. The van der Waals surface area contributed by atoms with E-state index in [1.165, 1.54) is 0 Å². The van der Waals surface area contributed by atoms with Gasteiger partial charge in [0.05, 0.1) is 0 Å². The molecule has 1 fully saturated rings. The fourth-order valence-electron chi connectivity index (χ4n) is 3.15. The number of hydrogen-bond donors (Lipinski definition) is 0. The first kappa shape index (κ1) is 18.4. The first-order chi connectivity index (χ1) is 12.2. The molecule has 0 saturated carbocycles. The predicted octanol–water partition coefficient (Wildman–Crippen LogP) is 2.89. The summed E-state index contributed by atoms with van der Waals surface area (Å²) in [7, 11) is 1.76. The zero-order chi connectivity index (χ0) is 18.9. The van der Waals surface area contributed by atoms with Crippen molar-refractivity contribution >= 4 is 12.0 Å². The standard InChI is InChI=1S/C19H26N2O5/c1-19(2,3)26-18(23)20(4)14-7-9-21(10-8-14)17(22)13-5-6-15-16(11-13)25-12-24-15/h5-6,11,14H,7-10,12H2,1-4H3. The molecule has 142 valence electrons. The van der Waals surface area contributed by atoms with Crippen molar-refractivity contribution in [2.24, 2.45) is 0 Å². The minimum atomic E-state index is -0.513. The third kappa shape index (κ3) is 4.03. The van der Waals surface area contributed by atoms with Crippen molar-refractivity contribution in [3.63, 3.8) is 0 Å². The Balaban J connectivity index is 1.56. The molecule has 1 aromatic rings. The number of rotatable bonds is 2. The third-order valence-electron chi connectivity index (χ3n) is 4.60. The topological polar surface area (TPSA) is 68.3 Å². The molecule has 1 saturated heterocycles. The van der Waals surface area contributed by atoms with Gasteiger partial charge in [0.2, 0.25) is 6.79 Å². The smallest absolute Gasteiger partial charge is 0.410 e. The van der Waals surface area contributed by atoms with E-state index in [1.54, 1.807) is 30.1 Å². The van der Waals surface area contributed by atoms with Crippen LogP contribution in [0.2, 0.25) is 0 Å². The van der Waals surface area contributed by atoms with Crippen molar-refractivity contribution in [1.82, 2.24) is 9.80 Å². The highest BCUT2D eigenvalue weighted by atomic mass is 16.7. The van der Waals surface area contributed by atoms with Crippen molar-refractivity contribution < 1.29 is 23.8 Å². The monoisotopic (exact) mass is 362 g/mol. The Kier molecular flexibility index (Phi) is 4.98. The van der Waals surface area contributed by atoms with Gasteiger partial charge in [-0.25, -0.2) is 4.79 Å². The minimum absolute atomic E-state index is 0.0262. The number of likely N-dealkylation sites (tertiary alicyclic amines) is 1. The Bertz CT molecular complexity index is 690. The summed E-state index contributed by atoms with van der Waals surface area (Å²) in [6.07, 6.45) is 1.14. The molecular weight excluding hydrogens is 336 g/mol. The molecule has 0 spiro atoms. The summed E-state index contributed by atoms with van der Waals surface area (Å²) in [5.74, 6) is 1.25. The van der Waals surface area contributed by atoms with Crippen LogP contribution in [0.1, 0.15) is 44.0 Å². The number of amides is 2. The second-order valence-electron chi connectivity index (χ2n) is 7.68. The van der Waals surface area contributed by atoms with Crippen LogP contribution in [0, 0.1) is 0 Å². The highest BCUT2D eigenvalue weighted by molar-refractivity contribution is 5.95. The quantitative estimate of drug-likeness (QED) is 0.809. The summed E-state index contributed by atoms with van der Waals surface area (Å²) in [4.78, 5) is 28.4. The Morgan fingerprint density at radius 2 is 1.81 bits per heavy atom. The van der Waals surface area contributed by atoms with Crippen LogP contribution >= 0.6 is 0 Å². The summed E-state index contributed by atoms with van der Waals surface area (Å²) in [6, 6.07) is 5.32. The molecule has 2 heterocycles. The Hall–Kier alpha value is -2.44. The maximum Gasteiger partial charge on any atom is 0.410 e. The molecule has 0 unspecified atom stereocenters. The van der Waals surface area contributed by atoms with E-state index in [4.69, 9.17) is 14.2 Å². The lowest BCUT2D eigenvalue weighted by Gasteiger charge is -2.37. The number of carbonyl (C=O) groups is 2. The molecule has 0 bridgehead atoms. The van der Waals surface area contributed by atoms with Gasteiger partial charge in [0.1, 0.15) is 5.60 Å². The third-order valence-corrected chi connectivity index (χ3v) is 4.60. The molecule has 2 aliphatic rings. The zero-order valence-corrected chi connectivity index (χ0v) is 15.8. The molecule has 0 N–H and O–H groups in total. The molecule has 0 atom stereocenters. The average molecular weight is 362 g/mol. The van der Waals surface area contributed by atoms with Gasteiger partial charge in [-0.2, -0.15) is 0 Å². The maximum absolute atomic E-state index is 12.7. The van der Waals surface area contributed by atoms with E-state index in [9.17, 15) is 9.59 Å². The molecule has 0 radical (unpaired) electrons. The molecule has 7 heteroatoms. The van der Waals surface area contributed by atoms with E-state index >= 15 is 0 Å². The average Bonchev–Trinajstić information content (AvgIpc) is 3.06. The number of nitrogens with zero attached hydrogens (tertiary/aromatic N) is 2. The fraction of sp³-hybridized carbons (Fsp3) is 0.579. The summed E-state index contributed by atoms with van der Waals surface area (Å²) in [5.41, 5.74) is 0.0784. The van der Waals surface area contributed by atoms with E-state index < -0.39 is 5.60 Å². The molecule has 7 nitrogen and oxygen atoms in total. The number of ether oxygens (including phenoxy) is 3. The van der Waals surface area contributed by atoms with Crippen molar-refractivity contribution in [1.29, 1.82) is 0 Å². The summed E-state index contributed by atoms with van der Waals surface area (Å²) in [5, 5.41) is 0. The fourth-order valence-corrected chi connectivity index (χ4v) is 3.15. The first-order valence-corrected chi connectivity index (χ1v) is 8.89. The Labute approximate surface area is 153 Å². The molecule has 2 aliphatic heterocycles. The van der Waals surface area contributed by atoms with Gasteiger partial charge in [-0.3, -0.25) is 4.79 Å². The number of fused-ring (bicyclic) bond motifs is 1. The van der Waals surface area contributed by atoms with Crippen molar-refractivity contribution in [2.45, 2.75) is 45.3 Å². The highest BCUT2D eigenvalue weighted by Gasteiger charge is 2.30. The van der Waals surface area contributed by atoms with Gasteiger partial charge in [0.15, 0.2) is 11.5 Å². The Morgan fingerprint density at radius 3 is 2.46 bits per heavy atom. The van der Waals surface area contributed by atoms with Gasteiger partial charge < -0.3 is 24.0 Å². The Morgan fingerprint density at radius 1 is 1.15 bits per heavy atom. The molecule has 0 aliphatic carbocycles. The van der Waals surface area contributed by atoms with Crippen molar-refractivity contribution in [2.75, 3.05) is 26.9 Å². The predicted molar refractivity (Wildman–Crippen MR) is 95.5 cm³/mol. The lowest BCUT2D eigenvalue weighted by molar-refractivity contribution is 0.0156. The number of piperidine rings is 1. The van der Waals surface area contributed by atoms with Crippen LogP contribution in [-0.2, 0) is 4.74 Å². The van der Waals surface area contributed by atoms with Crippen LogP contribution in [0.15, 0.2) is 18.2 Å². The van der Waals surface area contributed by atoms with E-state index in [0.717, 1.165) is 12.8 Å². The van der Waals surface area contributed by atoms with Gasteiger partial charge in [-0.1, -0.05) is 0 Å². The number of carbonyl (C=O) groups excluding carboxylic acids is 2. The van der Waals surface area contributed by atoms with Gasteiger partial charge in [0, 0.05) is 31.7 Å². The zero-order valence-electron chi connectivity index (χ0n) is 15.8. The van der Waals surface area contributed by atoms with Crippen LogP contribution in [0.3, 0.4) is 0 Å².